The van der Waals surface area contributed by atoms with Gasteiger partial charge in [-0.1, -0.05) is 36.7 Å². The number of imidazole rings is 1. The van der Waals surface area contributed by atoms with E-state index < -0.39 is 10.0 Å². The molecule has 0 saturated carbocycles. The van der Waals surface area contributed by atoms with Crippen LogP contribution in [-0.2, 0) is 16.6 Å². The van der Waals surface area contributed by atoms with Crippen LogP contribution in [0, 0.1) is 0 Å². The number of nitrogens with one attached hydrogen (secondary N) is 1. The van der Waals surface area contributed by atoms with Crippen molar-refractivity contribution in [3.8, 4) is 0 Å². The standard InChI is InChI=1S/C16H15ClN4O2S2/c1-2-18-9-11-10-21(13-6-4-3-5-12(11)13)25(22,23)15-14(17)19-16-20(15)7-8-24-16/h3-8,10,18H,2,9H2,1H3. The summed E-state index contributed by atoms with van der Waals surface area (Å²) in [6.07, 6.45) is 3.32. The molecule has 3 heterocycles. The lowest BCUT2D eigenvalue weighted by Crippen LogP contribution is -2.15. The van der Waals surface area contributed by atoms with Crippen LogP contribution in [0.5, 0.6) is 0 Å². The van der Waals surface area contributed by atoms with Gasteiger partial charge >= 0.3 is 0 Å². The van der Waals surface area contributed by atoms with Gasteiger partial charge in [-0.3, -0.25) is 4.40 Å². The molecule has 0 aliphatic rings. The Balaban J connectivity index is 1.97. The molecule has 0 spiro atoms. The molecule has 1 aromatic carbocycles. The van der Waals surface area contributed by atoms with E-state index in [0.29, 0.717) is 17.0 Å². The summed E-state index contributed by atoms with van der Waals surface area (Å²) in [7, 11) is -3.89. The zero-order chi connectivity index (χ0) is 17.6. The van der Waals surface area contributed by atoms with Crippen molar-refractivity contribution in [2.75, 3.05) is 6.54 Å². The van der Waals surface area contributed by atoms with E-state index in [1.54, 1.807) is 23.8 Å². The number of thiazole rings is 1. The monoisotopic (exact) mass is 394 g/mol. The number of aromatic nitrogens is 3. The van der Waals surface area contributed by atoms with Gasteiger partial charge in [0.1, 0.15) is 0 Å². The average molecular weight is 395 g/mol. The predicted octanol–water partition coefficient (Wildman–Crippen LogP) is 3.35. The van der Waals surface area contributed by atoms with Crippen LogP contribution < -0.4 is 5.32 Å². The molecular weight excluding hydrogens is 380 g/mol. The van der Waals surface area contributed by atoms with Crippen LogP contribution in [0.3, 0.4) is 0 Å². The highest BCUT2D eigenvalue weighted by Crippen LogP contribution is 2.31. The minimum Gasteiger partial charge on any atom is -0.313 e. The molecule has 0 fully saturated rings. The first kappa shape index (κ1) is 16.6. The van der Waals surface area contributed by atoms with Gasteiger partial charge in [0.2, 0.25) is 5.03 Å². The van der Waals surface area contributed by atoms with E-state index in [1.165, 1.54) is 19.7 Å². The Labute approximate surface area is 153 Å². The number of fused-ring (bicyclic) bond motifs is 2. The number of para-hydroxylation sites is 1. The summed E-state index contributed by atoms with van der Waals surface area (Å²) in [6.45, 7) is 3.40. The zero-order valence-electron chi connectivity index (χ0n) is 13.3. The van der Waals surface area contributed by atoms with E-state index in [-0.39, 0.29) is 10.2 Å². The minimum atomic E-state index is -3.89. The maximum absolute atomic E-state index is 13.3. The quantitative estimate of drug-likeness (QED) is 0.563. The minimum absolute atomic E-state index is 0.0128. The maximum atomic E-state index is 13.3. The molecule has 0 bridgehead atoms. The fourth-order valence-electron chi connectivity index (χ4n) is 2.88. The summed E-state index contributed by atoms with van der Waals surface area (Å²) < 4.78 is 29.5. The summed E-state index contributed by atoms with van der Waals surface area (Å²) in [5.74, 6) is 0. The van der Waals surface area contributed by atoms with Crippen molar-refractivity contribution < 1.29 is 8.42 Å². The summed E-state index contributed by atoms with van der Waals surface area (Å²) in [4.78, 5) is 4.69. The third-order valence-corrected chi connectivity index (χ3v) is 6.84. The van der Waals surface area contributed by atoms with Gasteiger partial charge in [-0.05, 0) is 18.2 Å². The Bertz CT molecular complexity index is 1170. The number of benzene rings is 1. The van der Waals surface area contributed by atoms with Gasteiger partial charge in [-0.15, -0.1) is 11.3 Å². The van der Waals surface area contributed by atoms with Gasteiger partial charge < -0.3 is 5.32 Å². The van der Waals surface area contributed by atoms with E-state index >= 15 is 0 Å². The molecule has 0 saturated heterocycles. The number of hydrogen-bond donors (Lipinski definition) is 1. The molecule has 4 rings (SSSR count). The first-order chi connectivity index (χ1) is 12.0. The van der Waals surface area contributed by atoms with Crippen LogP contribution in [0.4, 0.5) is 0 Å². The van der Waals surface area contributed by atoms with Crippen LogP contribution in [0.2, 0.25) is 5.15 Å². The van der Waals surface area contributed by atoms with Crippen LogP contribution in [0.25, 0.3) is 15.9 Å². The van der Waals surface area contributed by atoms with Crippen molar-refractivity contribution in [2.45, 2.75) is 18.5 Å². The highest BCUT2D eigenvalue weighted by atomic mass is 35.5. The Morgan fingerprint density at radius 1 is 1.32 bits per heavy atom. The van der Waals surface area contributed by atoms with Crippen molar-refractivity contribution in [2.24, 2.45) is 0 Å². The van der Waals surface area contributed by atoms with Crippen molar-refractivity contribution >= 4 is 48.8 Å². The summed E-state index contributed by atoms with van der Waals surface area (Å²) in [5, 5.41) is 5.89. The largest absolute Gasteiger partial charge is 0.313 e. The lowest BCUT2D eigenvalue weighted by atomic mass is 10.2. The second-order valence-corrected chi connectivity index (χ2v) is 8.48. The van der Waals surface area contributed by atoms with Gasteiger partial charge in [0.05, 0.1) is 5.52 Å². The van der Waals surface area contributed by atoms with Gasteiger partial charge in [0.15, 0.2) is 10.1 Å². The maximum Gasteiger partial charge on any atom is 0.287 e. The molecule has 6 nitrogen and oxygen atoms in total. The molecule has 1 N–H and O–H groups in total. The SMILES string of the molecule is CCNCc1cn(S(=O)(=O)c2c(Cl)nc3sccn23)c2ccccc12. The number of halogens is 1. The summed E-state index contributed by atoms with van der Waals surface area (Å²) in [5.41, 5.74) is 1.54. The first-order valence-electron chi connectivity index (χ1n) is 7.70. The predicted molar refractivity (Wildman–Crippen MR) is 100.0 cm³/mol. The van der Waals surface area contributed by atoms with E-state index in [4.69, 9.17) is 11.6 Å². The van der Waals surface area contributed by atoms with Gasteiger partial charge in [0, 0.05) is 29.7 Å². The molecule has 0 radical (unpaired) electrons. The molecule has 0 unspecified atom stereocenters. The van der Waals surface area contributed by atoms with E-state index in [1.807, 2.05) is 25.1 Å². The average Bonchev–Trinajstić information content (AvgIpc) is 3.25. The van der Waals surface area contributed by atoms with E-state index in [0.717, 1.165) is 17.5 Å². The van der Waals surface area contributed by atoms with Crippen LogP contribution in [0.15, 0.2) is 47.1 Å². The third kappa shape index (κ3) is 2.56. The zero-order valence-corrected chi connectivity index (χ0v) is 15.7. The van der Waals surface area contributed by atoms with E-state index in [9.17, 15) is 8.42 Å². The molecule has 25 heavy (non-hydrogen) atoms. The van der Waals surface area contributed by atoms with Crippen LogP contribution in [0.1, 0.15) is 12.5 Å². The fourth-order valence-corrected chi connectivity index (χ4v) is 5.69. The molecule has 0 atom stereocenters. The molecule has 0 aliphatic carbocycles. The molecule has 0 amide bonds. The van der Waals surface area contributed by atoms with Crippen LogP contribution in [-0.4, -0.2) is 28.3 Å². The van der Waals surface area contributed by atoms with Crippen molar-refractivity contribution in [1.29, 1.82) is 0 Å². The Hall–Kier alpha value is -1.87. The van der Waals surface area contributed by atoms with Crippen molar-refractivity contribution in [1.82, 2.24) is 18.7 Å². The topological polar surface area (TPSA) is 68.4 Å². The Morgan fingerprint density at radius 3 is 2.92 bits per heavy atom. The van der Waals surface area contributed by atoms with Gasteiger partial charge in [-0.25, -0.2) is 8.96 Å². The lowest BCUT2D eigenvalue weighted by Gasteiger charge is -2.06. The smallest absolute Gasteiger partial charge is 0.287 e. The normalized spacial score (nSPS) is 12.4. The highest BCUT2D eigenvalue weighted by molar-refractivity contribution is 7.90. The lowest BCUT2D eigenvalue weighted by molar-refractivity contribution is 0.584. The van der Waals surface area contributed by atoms with Gasteiger partial charge in [0.25, 0.3) is 10.0 Å². The Morgan fingerprint density at radius 2 is 2.12 bits per heavy atom. The number of hydrogen-bond acceptors (Lipinski definition) is 5. The highest BCUT2D eigenvalue weighted by Gasteiger charge is 2.28. The summed E-state index contributed by atoms with van der Waals surface area (Å²) >= 11 is 7.49. The first-order valence-corrected chi connectivity index (χ1v) is 10.4. The fraction of sp³-hybridized carbons (Fsp3) is 0.188. The number of rotatable bonds is 5. The van der Waals surface area contributed by atoms with Crippen molar-refractivity contribution in [3.63, 3.8) is 0 Å². The molecule has 130 valence electrons. The molecular formula is C16H15ClN4O2S2. The van der Waals surface area contributed by atoms with Crippen molar-refractivity contribution in [3.05, 3.63) is 52.8 Å². The summed E-state index contributed by atoms with van der Waals surface area (Å²) in [6, 6.07) is 7.44. The van der Waals surface area contributed by atoms with E-state index in [2.05, 4.69) is 10.3 Å². The second-order valence-electron chi connectivity index (χ2n) is 5.52. The van der Waals surface area contributed by atoms with Crippen LogP contribution >= 0.6 is 22.9 Å². The molecule has 4 aromatic rings. The second kappa shape index (κ2) is 6.14. The molecule has 3 aromatic heterocycles. The van der Waals surface area contributed by atoms with Gasteiger partial charge in [-0.2, -0.15) is 8.42 Å². The molecule has 9 heteroatoms. The molecule has 0 aliphatic heterocycles. The Kier molecular flexibility index (Phi) is 4.07. The third-order valence-electron chi connectivity index (χ3n) is 4.01. The number of nitrogens with zero attached hydrogens (tertiary/aromatic N) is 3.